The van der Waals surface area contributed by atoms with Crippen molar-refractivity contribution in [2.24, 2.45) is 22.7 Å². The SMILES string of the molecule is N#CN=C(CC1CCc2sc(NC(=O)C3CC3)c(C(=O)NCC3CC3)c2C1)Oc1ccccc1. The standard InChI is InChI=1S/C26H28N4O3S/c27-15-29-22(33-19-4-2-1-3-5-19)13-17-8-11-21-20(12-17)23(25(32)28-14-16-6-7-16)26(34-21)30-24(31)18-9-10-18/h1-5,16-18H,6-14H2,(H,28,32)(H,30,31). The molecule has 0 bridgehead atoms. The number of rotatable bonds is 8. The van der Waals surface area contributed by atoms with E-state index in [-0.39, 0.29) is 23.7 Å². The second-order valence-electron chi connectivity index (χ2n) is 9.46. The number of nitrogens with zero attached hydrogens (tertiary/aromatic N) is 2. The molecular formula is C26H28N4O3S. The molecule has 3 aliphatic rings. The third-order valence-electron chi connectivity index (χ3n) is 6.64. The Morgan fingerprint density at radius 1 is 1.12 bits per heavy atom. The van der Waals surface area contributed by atoms with E-state index in [1.165, 1.54) is 4.88 Å². The number of carbonyl (C=O) groups excluding carboxylic acids is 2. The Balaban J connectivity index is 1.34. The molecule has 0 aliphatic heterocycles. The van der Waals surface area contributed by atoms with Gasteiger partial charge in [-0.25, -0.2) is 0 Å². The van der Waals surface area contributed by atoms with E-state index in [4.69, 9.17) is 10.00 Å². The number of hydrogen-bond acceptors (Lipinski definition) is 6. The van der Waals surface area contributed by atoms with Gasteiger partial charge in [-0.15, -0.1) is 16.3 Å². The molecule has 1 atom stereocenters. The Kier molecular flexibility index (Phi) is 6.63. The van der Waals surface area contributed by atoms with Crippen molar-refractivity contribution in [2.45, 2.75) is 51.4 Å². The molecule has 7 nitrogen and oxygen atoms in total. The molecule has 1 unspecified atom stereocenters. The van der Waals surface area contributed by atoms with E-state index in [1.807, 2.05) is 36.5 Å². The third-order valence-corrected chi connectivity index (χ3v) is 7.85. The van der Waals surface area contributed by atoms with Crippen molar-refractivity contribution >= 4 is 34.0 Å². The number of amides is 2. The molecule has 1 heterocycles. The second-order valence-corrected chi connectivity index (χ2v) is 10.6. The molecule has 1 aromatic carbocycles. The summed E-state index contributed by atoms with van der Waals surface area (Å²) in [5.74, 6) is 1.81. The Hall–Kier alpha value is -3.18. The zero-order valence-corrected chi connectivity index (χ0v) is 19.8. The lowest BCUT2D eigenvalue weighted by atomic mass is 9.84. The number of carbonyl (C=O) groups is 2. The number of hydrogen-bond donors (Lipinski definition) is 2. The quantitative estimate of drug-likeness (QED) is 0.328. The van der Waals surface area contributed by atoms with Gasteiger partial charge >= 0.3 is 0 Å². The minimum absolute atomic E-state index is 0.0195. The average molecular weight is 477 g/mol. The summed E-state index contributed by atoms with van der Waals surface area (Å²) in [6.45, 7) is 0.687. The topological polar surface area (TPSA) is 104 Å². The van der Waals surface area contributed by atoms with Gasteiger partial charge < -0.3 is 15.4 Å². The van der Waals surface area contributed by atoms with Crippen molar-refractivity contribution in [3.05, 3.63) is 46.3 Å². The van der Waals surface area contributed by atoms with E-state index in [1.54, 1.807) is 11.3 Å². The number of thiophene rings is 1. The van der Waals surface area contributed by atoms with Crippen molar-refractivity contribution in [3.8, 4) is 11.9 Å². The van der Waals surface area contributed by atoms with Crippen LogP contribution in [0.5, 0.6) is 5.75 Å². The zero-order chi connectivity index (χ0) is 23.5. The predicted molar refractivity (Wildman–Crippen MR) is 131 cm³/mol. The first kappa shape index (κ1) is 22.6. The average Bonchev–Trinajstić information content (AvgIpc) is 3.75. The molecule has 2 saturated carbocycles. The highest BCUT2D eigenvalue weighted by molar-refractivity contribution is 7.17. The van der Waals surface area contributed by atoms with E-state index in [0.717, 1.165) is 44.1 Å². The summed E-state index contributed by atoms with van der Waals surface area (Å²) in [4.78, 5) is 30.8. The molecule has 0 saturated heterocycles. The molecule has 2 N–H and O–H groups in total. The van der Waals surface area contributed by atoms with Crippen LogP contribution in [0.4, 0.5) is 5.00 Å². The number of aryl methyl sites for hydroxylation is 1. The van der Waals surface area contributed by atoms with E-state index >= 15 is 0 Å². The Labute approximate surface area is 203 Å². The zero-order valence-electron chi connectivity index (χ0n) is 19.0. The van der Waals surface area contributed by atoms with Crippen molar-refractivity contribution in [1.29, 1.82) is 5.26 Å². The molecule has 2 amide bonds. The first-order chi connectivity index (χ1) is 16.6. The van der Waals surface area contributed by atoms with Crippen LogP contribution in [0.3, 0.4) is 0 Å². The van der Waals surface area contributed by atoms with Gasteiger partial charge in [0.05, 0.1) is 5.56 Å². The van der Waals surface area contributed by atoms with Crippen LogP contribution in [0.1, 0.15) is 59.3 Å². The van der Waals surface area contributed by atoms with Crippen molar-refractivity contribution < 1.29 is 14.3 Å². The molecule has 0 spiro atoms. The molecule has 176 valence electrons. The maximum Gasteiger partial charge on any atom is 0.254 e. The predicted octanol–water partition coefficient (Wildman–Crippen LogP) is 4.69. The van der Waals surface area contributed by atoms with Gasteiger partial charge in [0, 0.05) is 23.8 Å². The smallest absolute Gasteiger partial charge is 0.254 e. The number of ether oxygens (including phenoxy) is 1. The molecule has 5 rings (SSSR count). The first-order valence-corrected chi connectivity index (χ1v) is 12.8. The van der Waals surface area contributed by atoms with Gasteiger partial charge in [-0.05, 0) is 74.5 Å². The normalized spacial score (nSPS) is 19.6. The van der Waals surface area contributed by atoms with Gasteiger partial charge in [-0.1, -0.05) is 18.2 Å². The second kappa shape index (κ2) is 9.98. The number of nitrogens with one attached hydrogen (secondary N) is 2. The molecule has 34 heavy (non-hydrogen) atoms. The van der Waals surface area contributed by atoms with Gasteiger partial charge in [0.2, 0.25) is 18.0 Å². The van der Waals surface area contributed by atoms with Crippen LogP contribution >= 0.6 is 11.3 Å². The molecule has 1 aromatic heterocycles. The molecular weight excluding hydrogens is 448 g/mol. The summed E-state index contributed by atoms with van der Waals surface area (Å²) in [5, 5.41) is 16.0. The van der Waals surface area contributed by atoms with Crippen LogP contribution in [0.15, 0.2) is 35.3 Å². The van der Waals surface area contributed by atoms with Crippen LogP contribution in [0.2, 0.25) is 0 Å². The lowest BCUT2D eigenvalue weighted by molar-refractivity contribution is -0.117. The van der Waals surface area contributed by atoms with Gasteiger partial charge in [0.25, 0.3) is 5.91 Å². The summed E-state index contributed by atoms with van der Waals surface area (Å²) in [5.41, 5.74) is 1.65. The fourth-order valence-electron chi connectivity index (χ4n) is 4.40. The number of fused-ring (bicyclic) bond motifs is 1. The maximum atomic E-state index is 13.2. The van der Waals surface area contributed by atoms with Crippen LogP contribution < -0.4 is 15.4 Å². The number of nitriles is 1. The number of benzene rings is 1. The van der Waals surface area contributed by atoms with Crippen LogP contribution in [-0.4, -0.2) is 24.3 Å². The van der Waals surface area contributed by atoms with Crippen LogP contribution in [0, 0.1) is 29.2 Å². The third kappa shape index (κ3) is 5.48. The van der Waals surface area contributed by atoms with E-state index in [0.29, 0.717) is 47.5 Å². The van der Waals surface area contributed by atoms with E-state index in [2.05, 4.69) is 15.6 Å². The summed E-state index contributed by atoms with van der Waals surface area (Å²) < 4.78 is 5.88. The summed E-state index contributed by atoms with van der Waals surface area (Å²) in [6, 6.07) is 9.33. The number of para-hydroxylation sites is 1. The minimum atomic E-state index is -0.0948. The van der Waals surface area contributed by atoms with Gasteiger partial charge in [-0.3, -0.25) is 9.59 Å². The summed E-state index contributed by atoms with van der Waals surface area (Å²) >= 11 is 1.54. The Morgan fingerprint density at radius 3 is 2.62 bits per heavy atom. The lowest BCUT2D eigenvalue weighted by Crippen LogP contribution is -2.28. The summed E-state index contributed by atoms with van der Waals surface area (Å²) in [7, 11) is 0. The minimum Gasteiger partial charge on any atom is -0.442 e. The summed E-state index contributed by atoms with van der Waals surface area (Å²) in [6.07, 6.45) is 8.98. The van der Waals surface area contributed by atoms with Crippen molar-refractivity contribution in [1.82, 2.24) is 5.32 Å². The van der Waals surface area contributed by atoms with E-state index in [9.17, 15) is 9.59 Å². The van der Waals surface area contributed by atoms with Gasteiger partial charge in [0.1, 0.15) is 10.8 Å². The fraction of sp³-hybridized carbons (Fsp3) is 0.462. The van der Waals surface area contributed by atoms with Gasteiger partial charge in [0.15, 0.2) is 0 Å². The van der Waals surface area contributed by atoms with Crippen LogP contribution in [0.25, 0.3) is 0 Å². The highest BCUT2D eigenvalue weighted by atomic mass is 32.1. The van der Waals surface area contributed by atoms with Crippen molar-refractivity contribution in [2.75, 3.05) is 11.9 Å². The van der Waals surface area contributed by atoms with Crippen LogP contribution in [-0.2, 0) is 17.6 Å². The molecule has 0 radical (unpaired) electrons. The first-order valence-electron chi connectivity index (χ1n) is 12.0. The number of aliphatic imine (C=N–C) groups is 1. The van der Waals surface area contributed by atoms with Gasteiger partial charge in [-0.2, -0.15) is 5.26 Å². The van der Waals surface area contributed by atoms with E-state index < -0.39 is 0 Å². The highest BCUT2D eigenvalue weighted by Crippen LogP contribution is 2.42. The molecule has 3 aliphatic carbocycles. The molecule has 2 fully saturated rings. The number of anilines is 1. The molecule has 8 heteroatoms. The monoisotopic (exact) mass is 476 g/mol. The fourth-order valence-corrected chi connectivity index (χ4v) is 5.65. The highest BCUT2D eigenvalue weighted by Gasteiger charge is 2.34. The molecule has 2 aromatic rings. The largest absolute Gasteiger partial charge is 0.442 e. The van der Waals surface area contributed by atoms with Crippen molar-refractivity contribution in [3.63, 3.8) is 0 Å². The lowest BCUT2D eigenvalue weighted by Gasteiger charge is -2.23. The Morgan fingerprint density at radius 2 is 1.91 bits per heavy atom. The Bertz CT molecular complexity index is 1140. The maximum absolute atomic E-state index is 13.2.